The van der Waals surface area contributed by atoms with E-state index in [-0.39, 0.29) is 6.61 Å². The Labute approximate surface area is 83.3 Å². The Morgan fingerprint density at radius 2 is 1.71 bits per heavy atom. The summed E-state index contributed by atoms with van der Waals surface area (Å²) in [6.07, 6.45) is -4.35. The van der Waals surface area contributed by atoms with Gasteiger partial charge in [0.15, 0.2) is 6.29 Å². The number of aliphatic hydroxyl groups is 3. The molecular formula is C9H18O5. The molecule has 0 spiro atoms. The van der Waals surface area contributed by atoms with Crippen molar-refractivity contribution < 1.29 is 24.8 Å². The van der Waals surface area contributed by atoms with E-state index in [1.807, 2.05) is 20.8 Å². The molecular weight excluding hydrogens is 188 g/mol. The Kier molecular flexibility index (Phi) is 3.49. The third kappa shape index (κ3) is 2.90. The first-order valence-electron chi connectivity index (χ1n) is 4.65. The average molecular weight is 206 g/mol. The lowest BCUT2D eigenvalue weighted by Gasteiger charge is -2.38. The van der Waals surface area contributed by atoms with E-state index in [1.165, 1.54) is 0 Å². The summed E-state index contributed by atoms with van der Waals surface area (Å²) in [6.45, 7) is 5.43. The highest BCUT2D eigenvalue weighted by Crippen LogP contribution is 2.21. The van der Waals surface area contributed by atoms with Crippen LogP contribution in [-0.2, 0) is 9.47 Å². The number of hydrogen-bond acceptors (Lipinski definition) is 5. The molecule has 5 heteroatoms. The third-order valence-corrected chi connectivity index (χ3v) is 1.92. The Bertz CT molecular complexity index is 188. The van der Waals surface area contributed by atoms with Gasteiger partial charge >= 0.3 is 0 Å². The molecule has 0 aliphatic carbocycles. The van der Waals surface area contributed by atoms with Crippen LogP contribution in [0.3, 0.4) is 0 Å². The van der Waals surface area contributed by atoms with Crippen molar-refractivity contribution in [1.29, 1.82) is 0 Å². The van der Waals surface area contributed by atoms with Crippen LogP contribution in [0, 0.1) is 0 Å². The minimum atomic E-state index is -1.21. The molecule has 0 aromatic carbocycles. The minimum Gasteiger partial charge on any atom is -0.388 e. The van der Waals surface area contributed by atoms with Crippen LogP contribution in [-0.4, -0.2) is 52.1 Å². The van der Waals surface area contributed by atoms with E-state index in [4.69, 9.17) is 9.47 Å². The Hall–Kier alpha value is -0.200. The number of aliphatic hydroxyl groups excluding tert-OH is 3. The van der Waals surface area contributed by atoms with Crippen molar-refractivity contribution in [1.82, 2.24) is 0 Å². The molecule has 84 valence electrons. The summed E-state index contributed by atoms with van der Waals surface area (Å²) in [4.78, 5) is 0. The predicted molar refractivity (Wildman–Crippen MR) is 48.6 cm³/mol. The Balaban J connectivity index is 2.55. The fourth-order valence-corrected chi connectivity index (χ4v) is 1.23. The lowest BCUT2D eigenvalue weighted by Crippen LogP contribution is -2.55. The first-order chi connectivity index (χ1) is 6.31. The maximum Gasteiger partial charge on any atom is 0.186 e. The van der Waals surface area contributed by atoms with Crippen LogP contribution in [0.2, 0.25) is 0 Å². The van der Waals surface area contributed by atoms with Gasteiger partial charge < -0.3 is 24.8 Å². The number of ether oxygens (including phenoxy) is 2. The normalized spacial score (nSPS) is 39.9. The maximum absolute atomic E-state index is 9.51. The van der Waals surface area contributed by atoms with Crippen LogP contribution < -0.4 is 0 Å². The van der Waals surface area contributed by atoms with Crippen LogP contribution >= 0.6 is 0 Å². The fourth-order valence-electron chi connectivity index (χ4n) is 1.23. The van der Waals surface area contributed by atoms with Gasteiger partial charge in [0.25, 0.3) is 0 Å². The van der Waals surface area contributed by atoms with Gasteiger partial charge in [-0.05, 0) is 20.8 Å². The van der Waals surface area contributed by atoms with Gasteiger partial charge in [-0.2, -0.15) is 0 Å². The molecule has 0 amide bonds. The molecule has 1 aliphatic heterocycles. The van der Waals surface area contributed by atoms with Gasteiger partial charge in [-0.1, -0.05) is 0 Å². The standard InChI is InChI=1S/C9H18O5/c1-9(2,3)14-8-7(12)6(11)5(10)4-13-8/h5-8,10-12H,4H2,1-3H3/t5-,6+,7?,8?/m1/s1. The molecule has 1 fully saturated rings. The predicted octanol–water partition coefficient (Wildman–Crippen LogP) is -0.760. The number of hydrogen-bond donors (Lipinski definition) is 3. The Morgan fingerprint density at radius 3 is 2.21 bits per heavy atom. The molecule has 0 aromatic rings. The minimum absolute atomic E-state index is 0.0288. The summed E-state index contributed by atoms with van der Waals surface area (Å²) in [5.41, 5.74) is -0.465. The molecule has 0 bridgehead atoms. The van der Waals surface area contributed by atoms with Gasteiger partial charge in [0.2, 0.25) is 0 Å². The van der Waals surface area contributed by atoms with Crippen molar-refractivity contribution in [3.63, 3.8) is 0 Å². The van der Waals surface area contributed by atoms with Crippen LogP contribution in [0.1, 0.15) is 20.8 Å². The van der Waals surface area contributed by atoms with Crippen LogP contribution in [0.15, 0.2) is 0 Å². The summed E-state index contributed by atoms with van der Waals surface area (Å²) in [7, 11) is 0. The summed E-state index contributed by atoms with van der Waals surface area (Å²) in [5, 5.41) is 28.0. The van der Waals surface area contributed by atoms with Gasteiger partial charge in [-0.15, -0.1) is 0 Å². The molecule has 5 nitrogen and oxygen atoms in total. The van der Waals surface area contributed by atoms with Gasteiger partial charge in [-0.3, -0.25) is 0 Å². The van der Waals surface area contributed by atoms with Crippen molar-refractivity contribution in [2.45, 2.75) is 51.0 Å². The lowest BCUT2D eigenvalue weighted by molar-refractivity contribution is -0.294. The highest BCUT2D eigenvalue weighted by Gasteiger charge is 2.39. The SMILES string of the molecule is CC(C)(C)OC1OC[C@@H](O)[C@H](O)C1O. The van der Waals surface area contributed by atoms with Crippen LogP contribution in [0.5, 0.6) is 0 Å². The average Bonchev–Trinajstić information content (AvgIpc) is 2.04. The van der Waals surface area contributed by atoms with Gasteiger partial charge in [-0.25, -0.2) is 0 Å². The van der Waals surface area contributed by atoms with E-state index in [9.17, 15) is 15.3 Å². The molecule has 3 N–H and O–H groups in total. The highest BCUT2D eigenvalue weighted by molar-refractivity contribution is 4.83. The van der Waals surface area contributed by atoms with E-state index in [0.29, 0.717) is 0 Å². The van der Waals surface area contributed by atoms with Crippen molar-refractivity contribution in [3.8, 4) is 0 Å². The van der Waals surface area contributed by atoms with E-state index in [1.54, 1.807) is 0 Å². The van der Waals surface area contributed by atoms with Gasteiger partial charge in [0, 0.05) is 0 Å². The summed E-state index contributed by atoms with van der Waals surface area (Å²) in [6, 6.07) is 0. The van der Waals surface area contributed by atoms with Crippen LogP contribution in [0.4, 0.5) is 0 Å². The molecule has 14 heavy (non-hydrogen) atoms. The number of rotatable bonds is 1. The largest absolute Gasteiger partial charge is 0.388 e. The van der Waals surface area contributed by atoms with Crippen LogP contribution in [0.25, 0.3) is 0 Å². The van der Waals surface area contributed by atoms with E-state index < -0.39 is 30.2 Å². The van der Waals surface area contributed by atoms with Crippen molar-refractivity contribution >= 4 is 0 Å². The van der Waals surface area contributed by atoms with E-state index in [2.05, 4.69) is 0 Å². The topological polar surface area (TPSA) is 79.2 Å². The van der Waals surface area contributed by atoms with E-state index >= 15 is 0 Å². The smallest absolute Gasteiger partial charge is 0.186 e. The highest BCUT2D eigenvalue weighted by atomic mass is 16.7. The third-order valence-electron chi connectivity index (χ3n) is 1.92. The summed E-state index contributed by atoms with van der Waals surface area (Å²) in [5.74, 6) is 0. The van der Waals surface area contributed by atoms with Crippen molar-refractivity contribution in [2.75, 3.05) is 6.61 Å². The molecule has 1 saturated heterocycles. The first-order valence-corrected chi connectivity index (χ1v) is 4.65. The molecule has 4 atom stereocenters. The molecule has 1 aliphatic rings. The lowest BCUT2D eigenvalue weighted by atomic mass is 10.1. The second-order valence-electron chi connectivity index (χ2n) is 4.48. The zero-order chi connectivity index (χ0) is 10.9. The first kappa shape index (κ1) is 11.9. The molecule has 0 aromatic heterocycles. The quantitative estimate of drug-likeness (QED) is 0.525. The zero-order valence-electron chi connectivity index (χ0n) is 8.67. The zero-order valence-corrected chi connectivity index (χ0v) is 8.67. The van der Waals surface area contributed by atoms with Crippen molar-refractivity contribution in [2.24, 2.45) is 0 Å². The Morgan fingerprint density at radius 1 is 1.14 bits per heavy atom. The second-order valence-corrected chi connectivity index (χ2v) is 4.48. The summed E-state index contributed by atoms with van der Waals surface area (Å²) >= 11 is 0. The molecule has 0 saturated carbocycles. The summed E-state index contributed by atoms with van der Waals surface area (Å²) < 4.78 is 10.4. The van der Waals surface area contributed by atoms with Gasteiger partial charge in [0.1, 0.15) is 18.3 Å². The molecule has 2 unspecified atom stereocenters. The monoisotopic (exact) mass is 206 g/mol. The fraction of sp³-hybridized carbons (Fsp3) is 1.00. The van der Waals surface area contributed by atoms with E-state index in [0.717, 1.165) is 0 Å². The molecule has 1 rings (SSSR count). The molecule has 1 heterocycles. The van der Waals surface area contributed by atoms with Crippen molar-refractivity contribution in [3.05, 3.63) is 0 Å². The molecule has 0 radical (unpaired) electrons. The van der Waals surface area contributed by atoms with Gasteiger partial charge in [0.05, 0.1) is 12.2 Å². The second kappa shape index (κ2) is 4.12. The maximum atomic E-state index is 9.51.